The van der Waals surface area contributed by atoms with Crippen LogP contribution < -0.4 is 10.9 Å². The molecule has 0 spiro atoms. The first-order chi connectivity index (χ1) is 6.73. The SMILES string of the molecule is Nc1nc(C(F)F)c(S(N)(=O)=O)cc1I. The molecule has 9 heteroatoms. The maximum atomic E-state index is 12.4. The maximum absolute atomic E-state index is 12.4. The third-order valence-electron chi connectivity index (χ3n) is 1.51. The van der Waals surface area contributed by atoms with Gasteiger partial charge in [-0.3, -0.25) is 0 Å². The van der Waals surface area contributed by atoms with Crippen LogP contribution in [-0.4, -0.2) is 13.4 Å². The standard InChI is InChI=1S/C6H6F2IN3O2S/c7-5(8)4-3(15(11,13)14)1-2(9)6(10)12-4/h1,5H,(H2,10,12)(H2,11,13,14). The summed E-state index contributed by atoms with van der Waals surface area (Å²) in [5, 5.41) is 4.77. The van der Waals surface area contributed by atoms with Gasteiger partial charge < -0.3 is 5.73 Å². The van der Waals surface area contributed by atoms with Crippen molar-refractivity contribution in [1.29, 1.82) is 0 Å². The molecule has 0 saturated heterocycles. The van der Waals surface area contributed by atoms with Gasteiger partial charge >= 0.3 is 0 Å². The zero-order chi connectivity index (χ0) is 11.8. The molecule has 5 nitrogen and oxygen atoms in total. The number of rotatable bonds is 2. The van der Waals surface area contributed by atoms with Crippen LogP contribution >= 0.6 is 22.6 Å². The predicted molar refractivity (Wildman–Crippen MR) is 57.7 cm³/mol. The van der Waals surface area contributed by atoms with E-state index >= 15 is 0 Å². The predicted octanol–water partition coefficient (Wildman–Crippen LogP) is 0.853. The molecule has 0 atom stereocenters. The second-order valence-electron chi connectivity index (χ2n) is 2.58. The van der Waals surface area contributed by atoms with E-state index in [1.54, 1.807) is 22.6 Å². The van der Waals surface area contributed by atoms with Crippen LogP contribution in [0.2, 0.25) is 0 Å². The summed E-state index contributed by atoms with van der Waals surface area (Å²) in [4.78, 5) is 2.60. The van der Waals surface area contributed by atoms with Crippen molar-refractivity contribution in [2.45, 2.75) is 11.3 Å². The summed E-state index contributed by atoms with van der Waals surface area (Å²) >= 11 is 1.68. The number of primary sulfonamides is 1. The zero-order valence-electron chi connectivity index (χ0n) is 7.12. The highest BCUT2D eigenvalue weighted by atomic mass is 127. The van der Waals surface area contributed by atoms with E-state index in [9.17, 15) is 17.2 Å². The van der Waals surface area contributed by atoms with Crippen molar-refractivity contribution < 1.29 is 17.2 Å². The monoisotopic (exact) mass is 349 g/mol. The molecular formula is C6H6F2IN3O2S. The summed E-state index contributed by atoms with van der Waals surface area (Å²) in [5.74, 6) is -0.154. The molecule has 1 aromatic rings. The van der Waals surface area contributed by atoms with Crippen LogP contribution in [0.15, 0.2) is 11.0 Å². The van der Waals surface area contributed by atoms with Crippen LogP contribution in [0.4, 0.5) is 14.6 Å². The molecule has 0 aliphatic heterocycles. The molecule has 0 aliphatic carbocycles. The van der Waals surface area contributed by atoms with Crippen molar-refractivity contribution in [3.8, 4) is 0 Å². The first-order valence-electron chi connectivity index (χ1n) is 3.50. The second-order valence-corrected chi connectivity index (χ2v) is 5.28. The van der Waals surface area contributed by atoms with E-state index in [2.05, 4.69) is 4.98 Å². The molecule has 84 valence electrons. The van der Waals surface area contributed by atoms with Crippen molar-refractivity contribution in [2.24, 2.45) is 5.14 Å². The zero-order valence-corrected chi connectivity index (χ0v) is 10.1. The summed E-state index contributed by atoms with van der Waals surface area (Å²) in [6.07, 6.45) is -3.04. The Morgan fingerprint density at radius 3 is 2.40 bits per heavy atom. The molecule has 1 heterocycles. The first kappa shape index (κ1) is 12.5. The highest BCUT2D eigenvalue weighted by Crippen LogP contribution is 2.27. The van der Waals surface area contributed by atoms with E-state index < -0.39 is 27.0 Å². The minimum absolute atomic E-state index is 0.154. The van der Waals surface area contributed by atoms with Gasteiger partial charge in [0.05, 0.1) is 3.57 Å². The molecule has 4 N–H and O–H groups in total. The quantitative estimate of drug-likeness (QED) is 0.774. The van der Waals surface area contributed by atoms with E-state index in [1.165, 1.54) is 0 Å². The Morgan fingerprint density at radius 1 is 1.47 bits per heavy atom. The van der Waals surface area contributed by atoms with E-state index in [1.807, 2.05) is 0 Å². The topological polar surface area (TPSA) is 99.1 Å². The fourth-order valence-corrected chi connectivity index (χ4v) is 2.24. The van der Waals surface area contributed by atoms with E-state index in [-0.39, 0.29) is 9.39 Å². The van der Waals surface area contributed by atoms with Crippen molar-refractivity contribution >= 4 is 38.4 Å². The van der Waals surface area contributed by atoms with E-state index in [0.717, 1.165) is 6.07 Å². The van der Waals surface area contributed by atoms with Crippen molar-refractivity contribution in [3.05, 3.63) is 15.3 Å². The Hall–Kier alpha value is -0.550. The average molecular weight is 349 g/mol. The Bertz CT molecular complexity index is 491. The lowest BCUT2D eigenvalue weighted by molar-refractivity contribution is 0.142. The summed E-state index contributed by atoms with van der Waals surface area (Å²) < 4.78 is 47.1. The van der Waals surface area contributed by atoms with Gasteiger partial charge in [-0.05, 0) is 28.7 Å². The fraction of sp³-hybridized carbons (Fsp3) is 0.167. The summed E-state index contributed by atoms with van der Waals surface area (Å²) in [6.45, 7) is 0. The molecule has 0 aliphatic rings. The normalized spacial score (nSPS) is 12.1. The lowest BCUT2D eigenvalue weighted by Gasteiger charge is -2.08. The number of hydrogen-bond donors (Lipinski definition) is 2. The number of alkyl halides is 2. The number of anilines is 1. The molecule has 0 radical (unpaired) electrons. The number of sulfonamides is 1. The van der Waals surface area contributed by atoms with Gasteiger partial charge in [0, 0.05) is 0 Å². The van der Waals surface area contributed by atoms with E-state index in [4.69, 9.17) is 10.9 Å². The number of nitrogens with zero attached hydrogens (tertiary/aromatic N) is 1. The third-order valence-corrected chi connectivity index (χ3v) is 3.31. The summed E-state index contributed by atoms with van der Waals surface area (Å²) in [6, 6.07) is 0.972. The summed E-state index contributed by atoms with van der Waals surface area (Å²) in [5.41, 5.74) is 4.36. The summed E-state index contributed by atoms with van der Waals surface area (Å²) in [7, 11) is -4.22. The second kappa shape index (κ2) is 4.14. The molecule has 1 aromatic heterocycles. The Labute approximate surface area is 98.0 Å². The highest BCUT2D eigenvalue weighted by Gasteiger charge is 2.23. The minimum atomic E-state index is -4.22. The molecule has 0 aromatic carbocycles. The third kappa shape index (κ3) is 2.72. The minimum Gasteiger partial charge on any atom is -0.383 e. The van der Waals surface area contributed by atoms with Gasteiger partial charge in [0.15, 0.2) is 0 Å². The molecule has 0 saturated carbocycles. The number of hydrogen-bond acceptors (Lipinski definition) is 4. The van der Waals surface area contributed by atoms with Gasteiger partial charge in [-0.15, -0.1) is 0 Å². The number of nitrogens with two attached hydrogens (primary N) is 2. The van der Waals surface area contributed by atoms with Gasteiger partial charge in [0.1, 0.15) is 16.4 Å². The maximum Gasteiger partial charge on any atom is 0.281 e. The Kier molecular flexibility index (Phi) is 3.45. The number of halogens is 3. The van der Waals surface area contributed by atoms with Crippen LogP contribution in [0.3, 0.4) is 0 Å². The van der Waals surface area contributed by atoms with Crippen molar-refractivity contribution in [1.82, 2.24) is 4.98 Å². The average Bonchev–Trinajstić information content (AvgIpc) is 2.06. The molecule has 0 bridgehead atoms. The van der Waals surface area contributed by atoms with Crippen LogP contribution in [-0.2, 0) is 10.0 Å². The smallest absolute Gasteiger partial charge is 0.281 e. The van der Waals surface area contributed by atoms with Crippen LogP contribution in [0.1, 0.15) is 12.1 Å². The number of nitrogen functional groups attached to an aromatic ring is 1. The van der Waals surface area contributed by atoms with Gasteiger partial charge in [-0.1, -0.05) is 0 Å². The highest BCUT2D eigenvalue weighted by molar-refractivity contribution is 14.1. The lowest BCUT2D eigenvalue weighted by Crippen LogP contribution is -2.17. The Morgan fingerprint density at radius 2 is 2.00 bits per heavy atom. The van der Waals surface area contributed by atoms with Crippen LogP contribution in [0.25, 0.3) is 0 Å². The Balaban J connectivity index is 3.56. The molecule has 1 rings (SSSR count). The van der Waals surface area contributed by atoms with Crippen LogP contribution in [0.5, 0.6) is 0 Å². The lowest BCUT2D eigenvalue weighted by atomic mass is 10.3. The van der Waals surface area contributed by atoms with Gasteiger partial charge in [-0.2, -0.15) is 0 Å². The van der Waals surface area contributed by atoms with Crippen molar-refractivity contribution in [2.75, 3.05) is 5.73 Å². The van der Waals surface area contributed by atoms with Gasteiger partial charge in [-0.25, -0.2) is 27.3 Å². The largest absolute Gasteiger partial charge is 0.383 e. The number of aromatic nitrogens is 1. The first-order valence-corrected chi connectivity index (χ1v) is 6.13. The van der Waals surface area contributed by atoms with E-state index in [0.29, 0.717) is 0 Å². The molecule has 0 unspecified atom stereocenters. The van der Waals surface area contributed by atoms with Gasteiger partial charge in [0.2, 0.25) is 10.0 Å². The molecule has 0 fully saturated rings. The van der Waals surface area contributed by atoms with Crippen molar-refractivity contribution in [3.63, 3.8) is 0 Å². The van der Waals surface area contributed by atoms with Crippen LogP contribution in [0, 0.1) is 3.57 Å². The fourth-order valence-electron chi connectivity index (χ4n) is 0.885. The molecule has 0 amide bonds. The molecular weight excluding hydrogens is 343 g/mol. The number of pyridine rings is 1. The van der Waals surface area contributed by atoms with Gasteiger partial charge in [0.25, 0.3) is 6.43 Å². The molecule has 15 heavy (non-hydrogen) atoms.